The molecule has 0 aliphatic carbocycles. The number of likely N-dealkylation sites (tertiary alicyclic amines) is 1. The van der Waals surface area contributed by atoms with Crippen molar-refractivity contribution in [2.24, 2.45) is 0 Å². The molecular weight excluding hydrogens is 407 g/mol. The van der Waals surface area contributed by atoms with Crippen LogP contribution in [0.25, 0.3) is 0 Å². The van der Waals surface area contributed by atoms with Gasteiger partial charge in [-0.3, -0.25) is 4.90 Å². The molecular formula is C20H21BrF3NO. The summed E-state index contributed by atoms with van der Waals surface area (Å²) < 4.78 is 46.3. The topological polar surface area (TPSA) is 12.5 Å². The van der Waals surface area contributed by atoms with E-state index in [0.29, 0.717) is 25.3 Å². The summed E-state index contributed by atoms with van der Waals surface area (Å²) in [5, 5.41) is 0. The Labute approximate surface area is 160 Å². The van der Waals surface area contributed by atoms with Crippen LogP contribution < -0.4 is 4.74 Å². The summed E-state index contributed by atoms with van der Waals surface area (Å²) in [5.74, 6) is 0.690. The molecule has 2 aromatic carbocycles. The number of piperidine rings is 1. The standard InChI is InChI=1S/C20H21BrF3NO/c21-18-12-17(26-14-15-6-2-1-3-7-15)10-9-16(18)13-25-11-5-4-8-19(25)20(22,23)24/h1-3,6-7,9-10,12,19H,4-5,8,11,13-14H2. The monoisotopic (exact) mass is 427 g/mol. The smallest absolute Gasteiger partial charge is 0.404 e. The van der Waals surface area contributed by atoms with Gasteiger partial charge in [0.25, 0.3) is 0 Å². The number of alkyl halides is 3. The molecule has 0 bridgehead atoms. The van der Waals surface area contributed by atoms with Crippen LogP contribution in [-0.4, -0.2) is 23.7 Å². The second-order valence-electron chi connectivity index (χ2n) is 6.55. The zero-order chi connectivity index (χ0) is 18.6. The van der Waals surface area contributed by atoms with Crippen molar-refractivity contribution >= 4 is 15.9 Å². The molecule has 2 aromatic rings. The Kier molecular flexibility index (Phi) is 6.24. The molecule has 2 nitrogen and oxygen atoms in total. The van der Waals surface area contributed by atoms with Gasteiger partial charge in [0.15, 0.2) is 0 Å². The summed E-state index contributed by atoms with van der Waals surface area (Å²) in [5.41, 5.74) is 1.90. The molecule has 1 atom stereocenters. The highest BCUT2D eigenvalue weighted by molar-refractivity contribution is 9.10. The number of ether oxygens (including phenoxy) is 1. The molecule has 1 heterocycles. The van der Waals surface area contributed by atoms with Crippen LogP contribution in [-0.2, 0) is 13.2 Å². The molecule has 0 N–H and O–H groups in total. The normalized spacial score (nSPS) is 18.7. The highest BCUT2D eigenvalue weighted by Crippen LogP contribution is 2.34. The summed E-state index contributed by atoms with van der Waals surface area (Å²) in [4.78, 5) is 1.54. The van der Waals surface area contributed by atoms with Gasteiger partial charge in [-0.1, -0.05) is 58.7 Å². The fourth-order valence-electron chi connectivity index (χ4n) is 3.26. The van der Waals surface area contributed by atoms with Gasteiger partial charge in [-0.05, 0) is 42.6 Å². The van der Waals surface area contributed by atoms with Gasteiger partial charge in [-0.15, -0.1) is 0 Å². The predicted molar refractivity (Wildman–Crippen MR) is 99.0 cm³/mol. The van der Waals surface area contributed by atoms with Gasteiger partial charge in [0.2, 0.25) is 0 Å². The fraction of sp³-hybridized carbons (Fsp3) is 0.400. The number of benzene rings is 2. The van der Waals surface area contributed by atoms with E-state index in [1.807, 2.05) is 48.5 Å². The van der Waals surface area contributed by atoms with Crippen LogP contribution in [0.2, 0.25) is 0 Å². The zero-order valence-corrected chi connectivity index (χ0v) is 15.9. The van der Waals surface area contributed by atoms with E-state index in [-0.39, 0.29) is 13.0 Å². The SMILES string of the molecule is FC(F)(F)C1CCCCN1Cc1ccc(OCc2ccccc2)cc1Br. The minimum absolute atomic E-state index is 0.180. The van der Waals surface area contributed by atoms with E-state index >= 15 is 0 Å². The molecule has 3 rings (SSSR count). The van der Waals surface area contributed by atoms with Crippen molar-refractivity contribution in [3.63, 3.8) is 0 Å². The van der Waals surface area contributed by atoms with Crippen LogP contribution in [0.4, 0.5) is 13.2 Å². The lowest BCUT2D eigenvalue weighted by Crippen LogP contribution is -2.48. The number of rotatable bonds is 5. The van der Waals surface area contributed by atoms with E-state index in [1.54, 1.807) is 0 Å². The van der Waals surface area contributed by atoms with Crippen molar-refractivity contribution in [1.29, 1.82) is 0 Å². The number of hydrogen-bond donors (Lipinski definition) is 0. The minimum Gasteiger partial charge on any atom is -0.489 e. The van der Waals surface area contributed by atoms with E-state index in [0.717, 1.165) is 22.0 Å². The van der Waals surface area contributed by atoms with Crippen molar-refractivity contribution < 1.29 is 17.9 Å². The van der Waals surface area contributed by atoms with Crippen LogP contribution in [0.1, 0.15) is 30.4 Å². The molecule has 6 heteroatoms. The molecule has 0 saturated carbocycles. The molecule has 1 unspecified atom stereocenters. The van der Waals surface area contributed by atoms with Crippen LogP contribution in [0.15, 0.2) is 53.0 Å². The van der Waals surface area contributed by atoms with Gasteiger partial charge < -0.3 is 4.74 Å². The van der Waals surface area contributed by atoms with Crippen molar-refractivity contribution in [2.75, 3.05) is 6.54 Å². The summed E-state index contributed by atoms with van der Waals surface area (Å²) in [6.45, 7) is 1.21. The number of hydrogen-bond acceptors (Lipinski definition) is 2. The van der Waals surface area contributed by atoms with Gasteiger partial charge in [0.1, 0.15) is 18.4 Å². The van der Waals surface area contributed by atoms with E-state index < -0.39 is 12.2 Å². The van der Waals surface area contributed by atoms with Crippen LogP contribution in [0, 0.1) is 0 Å². The lowest BCUT2D eigenvalue weighted by molar-refractivity contribution is -0.192. The van der Waals surface area contributed by atoms with Crippen molar-refractivity contribution in [3.8, 4) is 5.75 Å². The first-order chi connectivity index (χ1) is 12.4. The molecule has 1 fully saturated rings. The Morgan fingerprint density at radius 1 is 1.08 bits per heavy atom. The first-order valence-corrected chi connectivity index (χ1v) is 9.49. The highest BCUT2D eigenvalue weighted by Gasteiger charge is 2.44. The third kappa shape index (κ3) is 5.01. The van der Waals surface area contributed by atoms with Gasteiger partial charge in [-0.2, -0.15) is 13.2 Å². The Balaban J connectivity index is 1.65. The number of nitrogens with zero attached hydrogens (tertiary/aromatic N) is 1. The Bertz CT molecular complexity index is 721. The maximum atomic E-state index is 13.2. The van der Waals surface area contributed by atoms with Crippen molar-refractivity contribution in [3.05, 3.63) is 64.1 Å². The molecule has 1 saturated heterocycles. The summed E-state index contributed by atoms with van der Waals surface area (Å²) in [6, 6.07) is 13.9. The number of halogens is 4. The highest BCUT2D eigenvalue weighted by atomic mass is 79.9. The molecule has 1 aliphatic heterocycles. The van der Waals surface area contributed by atoms with Crippen molar-refractivity contribution in [1.82, 2.24) is 4.90 Å². The average molecular weight is 428 g/mol. The fourth-order valence-corrected chi connectivity index (χ4v) is 3.74. The zero-order valence-electron chi connectivity index (χ0n) is 14.3. The molecule has 0 radical (unpaired) electrons. The second kappa shape index (κ2) is 8.44. The predicted octanol–water partition coefficient (Wildman–Crippen LogP) is 5.94. The van der Waals surface area contributed by atoms with E-state index in [2.05, 4.69) is 15.9 Å². The molecule has 0 spiro atoms. The molecule has 140 valence electrons. The van der Waals surface area contributed by atoms with Crippen LogP contribution in [0.3, 0.4) is 0 Å². The maximum Gasteiger partial charge on any atom is 0.404 e. The second-order valence-corrected chi connectivity index (χ2v) is 7.41. The van der Waals surface area contributed by atoms with E-state index in [9.17, 15) is 13.2 Å². The average Bonchev–Trinajstić information content (AvgIpc) is 2.62. The first kappa shape index (κ1) is 19.2. The third-order valence-corrected chi connectivity index (χ3v) is 5.38. The van der Waals surface area contributed by atoms with Gasteiger partial charge >= 0.3 is 6.18 Å². The minimum atomic E-state index is -4.17. The summed E-state index contributed by atoms with van der Waals surface area (Å²) in [7, 11) is 0. The quantitative estimate of drug-likeness (QED) is 0.584. The molecule has 0 amide bonds. The van der Waals surface area contributed by atoms with Crippen LogP contribution >= 0.6 is 15.9 Å². The Hall–Kier alpha value is -1.53. The van der Waals surface area contributed by atoms with E-state index in [1.165, 1.54) is 4.90 Å². The molecule has 0 aromatic heterocycles. The van der Waals surface area contributed by atoms with Gasteiger partial charge in [-0.25, -0.2) is 0 Å². The maximum absolute atomic E-state index is 13.2. The largest absolute Gasteiger partial charge is 0.489 e. The molecule has 1 aliphatic rings. The van der Waals surface area contributed by atoms with Crippen molar-refractivity contribution in [2.45, 2.75) is 44.6 Å². The van der Waals surface area contributed by atoms with Gasteiger partial charge in [0, 0.05) is 11.0 Å². The summed E-state index contributed by atoms with van der Waals surface area (Å²) in [6.07, 6.45) is -2.55. The molecule has 26 heavy (non-hydrogen) atoms. The third-order valence-electron chi connectivity index (χ3n) is 4.64. The first-order valence-electron chi connectivity index (χ1n) is 8.69. The lowest BCUT2D eigenvalue weighted by Gasteiger charge is -2.36. The van der Waals surface area contributed by atoms with Gasteiger partial charge in [0.05, 0.1) is 0 Å². The van der Waals surface area contributed by atoms with E-state index in [4.69, 9.17) is 4.74 Å². The Morgan fingerprint density at radius 3 is 2.54 bits per heavy atom. The lowest BCUT2D eigenvalue weighted by atomic mass is 10.0. The van der Waals surface area contributed by atoms with Crippen LogP contribution in [0.5, 0.6) is 5.75 Å². The summed E-state index contributed by atoms with van der Waals surface area (Å²) >= 11 is 3.48. The Morgan fingerprint density at radius 2 is 1.85 bits per heavy atom.